The van der Waals surface area contributed by atoms with Crippen molar-refractivity contribution >= 4 is 12.0 Å². The van der Waals surface area contributed by atoms with Crippen molar-refractivity contribution in [1.82, 2.24) is 15.0 Å². The molecule has 0 radical (unpaired) electrons. The SMILES string of the molecule is Cc1noc(-c2ccc3c(c2)C[C@H](C)N(CC(C)(C)F)[C@H]3c2c(F)cc(/C=C/C(=O)O)cc2F)n1. The monoisotopic (exact) mass is 485 g/mol. The molecule has 184 valence electrons. The number of carboxylic acids is 1. The van der Waals surface area contributed by atoms with Crippen LogP contribution in [0.25, 0.3) is 17.5 Å². The topological polar surface area (TPSA) is 79.5 Å². The molecule has 35 heavy (non-hydrogen) atoms. The van der Waals surface area contributed by atoms with Crippen molar-refractivity contribution in [2.45, 2.75) is 51.9 Å². The summed E-state index contributed by atoms with van der Waals surface area (Å²) in [5.74, 6) is -2.07. The lowest BCUT2D eigenvalue weighted by Crippen LogP contribution is -2.48. The first-order valence-electron chi connectivity index (χ1n) is 11.2. The molecule has 9 heteroatoms. The van der Waals surface area contributed by atoms with Crippen molar-refractivity contribution in [3.8, 4) is 11.5 Å². The number of benzene rings is 2. The third kappa shape index (κ3) is 5.30. The summed E-state index contributed by atoms with van der Waals surface area (Å²) in [4.78, 5) is 16.8. The van der Waals surface area contributed by atoms with E-state index in [9.17, 15) is 9.18 Å². The molecule has 1 aromatic heterocycles. The van der Waals surface area contributed by atoms with Crippen LogP contribution in [0, 0.1) is 18.6 Å². The Bertz CT molecular complexity index is 1270. The molecule has 3 aromatic rings. The average molecular weight is 486 g/mol. The maximum atomic E-state index is 15.4. The molecule has 4 rings (SSSR count). The Hall–Kier alpha value is -3.46. The zero-order valence-corrected chi connectivity index (χ0v) is 19.8. The minimum absolute atomic E-state index is 0.0393. The summed E-state index contributed by atoms with van der Waals surface area (Å²) in [5.41, 5.74) is 0.439. The number of nitrogens with zero attached hydrogens (tertiary/aromatic N) is 3. The van der Waals surface area contributed by atoms with Crippen LogP contribution in [0.5, 0.6) is 0 Å². The molecular weight excluding hydrogens is 459 g/mol. The Balaban J connectivity index is 1.86. The van der Waals surface area contributed by atoms with Crippen molar-refractivity contribution in [2.24, 2.45) is 0 Å². The molecule has 0 fully saturated rings. The van der Waals surface area contributed by atoms with Gasteiger partial charge in [0, 0.05) is 29.8 Å². The van der Waals surface area contributed by atoms with E-state index in [0.29, 0.717) is 29.3 Å². The van der Waals surface area contributed by atoms with Crippen molar-refractivity contribution in [1.29, 1.82) is 0 Å². The van der Waals surface area contributed by atoms with Gasteiger partial charge in [-0.1, -0.05) is 11.2 Å². The number of hydrogen-bond acceptors (Lipinski definition) is 5. The number of aliphatic carboxylic acids is 1. The second-order valence-corrected chi connectivity index (χ2v) is 9.48. The highest BCUT2D eigenvalue weighted by molar-refractivity contribution is 5.85. The van der Waals surface area contributed by atoms with Crippen LogP contribution in [-0.4, -0.2) is 44.4 Å². The predicted octanol–water partition coefficient (Wildman–Crippen LogP) is 5.51. The first-order valence-corrected chi connectivity index (χ1v) is 11.2. The molecule has 2 heterocycles. The summed E-state index contributed by atoms with van der Waals surface area (Å²) in [6.07, 6.45) is 2.47. The fourth-order valence-electron chi connectivity index (χ4n) is 4.60. The molecule has 2 aromatic carbocycles. The zero-order chi connectivity index (χ0) is 25.5. The highest BCUT2D eigenvalue weighted by Gasteiger charge is 2.39. The molecule has 1 N–H and O–H groups in total. The number of carbonyl (C=O) groups is 1. The number of hydrogen-bond donors (Lipinski definition) is 1. The van der Waals surface area contributed by atoms with Gasteiger partial charge in [0.05, 0.1) is 6.04 Å². The van der Waals surface area contributed by atoms with Crippen molar-refractivity contribution in [2.75, 3.05) is 6.54 Å². The number of halogens is 3. The molecule has 0 saturated heterocycles. The molecule has 0 saturated carbocycles. The van der Waals surface area contributed by atoms with Crippen molar-refractivity contribution < 1.29 is 27.6 Å². The van der Waals surface area contributed by atoms with Crippen LogP contribution in [-0.2, 0) is 11.2 Å². The summed E-state index contributed by atoms with van der Waals surface area (Å²) in [7, 11) is 0. The summed E-state index contributed by atoms with van der Waals surface area (Å²) in [6, 6.07) is 6.43. The first-order chi connectivity index (χ1) is 16.4. The number of rotatable bonds is 6. The van der Waals surface area contributed by atoms with Gasteiger partial charge < -0.3 is 9.63 Å². The summed E-state index contributed by atoms with van der Waals surface area (Å²) in [6.45, 7) is 6.42. The fourth-order valence-corrected chi connectivity index (χ4v) is 4.60. The predicted molar refractivity (Wildman–Crippen MR) is 124 cm³/mol. The van der Waals surface area contributed by atoms with Crippen LogP contribution in [0.1, 0.15) is 54.9 Å². The maximum Gasteiger partial charge on any atom is 0.328 e. The number of aromatic nitrogens is 2. The van der Waals surface area contributed by atoms with Crippen LogP contribution in [0.4, 0.5) is 13.2 Å². The standard InChI is InChI=1S/C26H26F3N3O3/c1-14-9-18-12-17(25-30-15(2)31-35-25)6-7-19(18)24(32(14)13-26(3,4)29)23-20(27)10-16(11-21(23)28)5-8-22(33)34/h5-8,10-12,14,24H,9,13H2,1-4H3,(H,33,34)/b8-5+/t14-,24+/m0/s1. The second kappa shape index (κ2) is 9.30. The van der Waals surface area contributed by atoms with Gasteiger partial charge in [-0.15, -0.1) is 0 Å². The minimum atomic E-state index is -1.61. The number of aryl methyl sites for hydroxylation is 1. The van der Waals surface area contributed by atoms with Gasteiger partial charge in [0.2, 0.25) is 0 Å². The van der Waals surface area contributed by atoms with E-state index in [-0.39, 0.29) is 23.7 Å². The van der Waals surface area contributed by atoms with Gasteiger partial charge in [-0.25, -0.2) is 18.0 Å². The molecule has 0 amide bonds. The van der Waals surface area contributed by atoms with Crippen LogP contribution in [0.15, 0.2) is 40.9 Å². The molecule has 0 aliphatic carbocycles. The van der Waals surface area contributed by atoms with Gasteiger partial charge >= 0.3 is 5.97 Å². The molecule has 1 aliphatic rings. The lowest BCUT2D eigenvalue weighted by atomic mass is 9.83. The lowest BCUT2D eigenvalue weighted by Gasteiger charge is -2.44. The highest BCUT2D eigenvalue weighted by Crippen LogP contribution is 2.42. The zero-order valence-electron chi connectivity index (χ0n) is 19.8. The molecule has 1 aliphatic heterocycles. The Kier molecular flexibility index (Phi) is 6.55. The molecule has 2 atom stereocenters. The third-order valence-corrected chi connectivity index (χ3v) is 5.98. The highest BCUT2D eigenvalue weighted by atomic mass is 19.1. The second-order valence-electron chi connectivity index (χ2n) is 9.48. The van der Waals surface area contributed by atoms with Crippen LogP contribution in [0.2, 0.25) is 0 Å². The van der Waals surface area contributed by atoms with Crippen molar-refractivity contribution in [3.63, 3.8) is 0 Å². The van der Waals surface area contributed by atoms with E-state index in [1.807, 2.05) is 13.0 Å². The Morgan fingerprint density at radius 3 is 2.51 bits per heavy atom. The first kappa shape index (κ1) is 24.7. The van der Waals surface area contributed by atoms with E-state index in [2.05, 4.69) is 10.1 Å². The molecule has 0 spiro atoms. The van der Waals surface area contributed by atoms with E-state index in [1.54, 1.807) is 24.0 Å². The van der Waals surface area contributed by atoms with Gasteiger partial charge in [0.15, 0.2) is 5.82 Å². The average Bonchev–Trinajstić information content (AvgIpc) is 3.19. The fraction of sp³-hybridized carbons (Fsp3) is 0.346. The number of alkyl halides is 1. The van der Waals surface area contributed by atoms with E-state index in [1.165, 1.54) is 13.8 Å². The third-order valence-electron chi connectivity index (χ3n) is 5.98. The smallest absolute Gasteiger partial charge is 0.328 e. The molecule has 0 bridgehead atoms. The van der Waals surface area contributed by atoms with E-state index in [4.69, 9.17) is 9.63 Å². The molecule has 6 nitrogen and oxygen atoms in total. The lowest BCUT2D eigenvalue weighted by molar-refractivity contribution is -0.131. The van der Waals surface area contributed by atoms with Gasteiger partial charge in [-0.05, 0) is 81.1 Å². The largest absolute Gasteiger partial charge is 0.478 e. The van der Waals surface area contributed by atoms with Crippen LogP contribution >= 0.6 is 0 Å². The van der Waals surface area contributed by atoms with Gasteiger partial charge in [-0.3, -0.25) is 4.90 Å². The van der Waals surface area contributed by atoms with E-state index < -0.39 is 29.3 Å². The normalized spacial score (nSPS) is 18.7. The van der Waals surface area contributed by atoms with Gasteiger partial charge in [-0.2, -0.15) is 4.98 Å². The summed E-state index contributed by atoms with van der Waals surface area (Å²) in [5, 5.41) is 12.6. The summed E-state index contributed by atoms with van der Waals surface area (Å²) < 4.78 is 50.9. The van der Waals surface area contributed by atoms with Crippen molar-refractivity contribution in [3.05, 3.63) is 76.1 Å². The molecular formula is C26H26F3N3O3. The Morgan fingerprint density at radius 2 is 1.94 bits per heavy atom. The number of carboxylic acid groups (broad SMARTS) is 1. The van der Waals surface area contributed by atoms with Gasteiger partial charge in [0.25, 0.3) is 5.89 Å². The quantitative estimate of drug-likeness (QED) is 0.464. The number of fused-ring (bicyclic) bond motifs is 1. The van der Waals surface area contributed by atoms with Crippen LogP contribution in [0.3, 0.4) is 0 Å². The maximum absolute atomic E-state index is 15.4. The Morgan fingerprint density at radius 1 is 1.26 bits per heavy atom. The minimum Gasteiger partial charge on any atom is -0.478 e. The molecule has 0 unspecified atom stereocenters. The van der Waals surface area contributed by atoms with E-state index >= 15 is 8.78 Å². The summed E-state index contributed by atoms with van der Waals surface area (Å²) >= 11 is 0. The Labute approximate surface area is 201 Å². The van der Waals surface area contributed by atoms with E-state index in [0.717, 1.165) is 29.8 Å². The van der Waals surface area contributed by atoms with Crippen LogP contribution < -0.4 is 0 Å². The van der Waals surface area contributed by atoms with Gasteiger partial charge in [0.1, 0.15) is 17.3 Å².